The second-order valence-corrected chi connectivity index (χ2v) is 5.62. The van der Waals surface area contributed by atoms with E-state index in [0.717, 1.165) is 30.2 Å². The lowest BCUT2D eigenvalue weighted by atomic mass is 10.2. The molecular formula is C12H18N2OS. The minimum absolute atomic E-state index is 0.308. The molecule has 0 N–H and O–H groups in total. The Morgan fingerprint density at radius 1 is 1.38 bits per heavy atom. The van der Waals surface area contributed by atoms with Gasteiger partial charge in [-0.1, -0.05) is 0 Å². The number of hydrogen-bond acceptors (Lipinski definition) is 3. The number of likely N-dealkylation sites (tertiary alicyclic amines) is 1. The Labute approximate surface area is 100 Å². The van der Waals surface area contributed by atoms with Crippen LogP contribution in [-0.2, 0) is 11.2 Å². The Morgan fingerprint density at radius 3 is 2.62 bits per heavy atom. The molecule has 88 valence electrons. The highest BCUT2D eigenvalue weighted by Gasteiger charge is 2.18. The molecule has 0 atom stereocenters. The van der Waals surface area contributed by atoms with E-state index in [-0.39, 0.29) is 0 Å². The van der Waals surface area contributed by atoms with Gasteiger partial charge in [0.25, 0.3) is 0 Å². The van der Waals surface area contributed by atoms with Crippen molar-refractivity contribution in [3.05, 3.63) is 15.6 Å². The van der Waals surface area contributed by atoms with Crippen LogP contribution in [0.2, 0.25) is 0 Å². The van der Waals surface area contributed by atoms with Gasteiger partial charge in [0, 0.05) is 24.4 Å². The van der Waals surface area contributed by atoms with Crippen LogP contribution in [0.4, 0.5) is 0 Å². The van der Waals surface area contributed by atoms with E-state index in [1.165, 1.54) is 17.7 Å². The summed E-state index contributed by atoms with van der Waals surface area (Å²) in [7, 11) is 0. The Bertz CT molecular complexity index is 380. The van der Waals surface area contributed by atoms with Crippen LogP contribution in [0, 0.1) is 13.8 Å². The number of aryl methyl sites for hydroxylation is 3. The lowest BCUT2D eigenvalue weighted by Crippen LogP contribution is -2.27. The first-order valence-corrected chi connectivity index (χ1v) is 6.69. The van der Waals surface area contributed by atoms with Crippen LogP contribution in [0.15, 0.2) is 0 Å². The number of thiazole rings is 1. The molecule has 1 aromatic heterocycles. The Balaban J connectivity index is 1.87. The summed E-state index contributed by atoms with van der Waals surface area (Å²) in [6.07, 6.45) is 3.84. The fraction of sp³-hybridized carbons (Fsp3) is 0.667. The third kappa shape index (κ3) is 2.61. The highest BCUT2D eigenvalue weighted by atomic mass is 32.1. The zero-order valence-corrected chi connectivity index (χ0v) is 10.8. The third-order valence-electron chi connectivity index (χ3n) is 3.02. The summed E-state index contributed by atoms with van der Waals surface area (Å²) in [5.41, 5.74) is 1.09. The molecule has 0 bridgehead atoms. The molecule has 2 rings (SSSR count). The molecule has 0 aromatic carbocycles. The summed E-state index contributed by atoms with van der Waals surface area (Å²) in [6, 6.07) is 0. The molecule has 0 spiro atoms. The van der Waals surface area contributed by atoms with Gasteiger partial charge in [0.15, 0.2) is 0 Å². The van der Waals surface area contributed by atoms with Crippen LogP contribution < -0.4 is 0 Å². The molecule has 1 fully saturated rings. The maximum atomic E-state index is 11.8. The predicted molar refractivity (Wildman–Crippen MR) is 65.7 cm³/mol. The van der Waals surface area contributed by atoms with E-state index < -0.39 is 0 Å². The second kappa shape index (κ2) is 4.95. The lowest BCUT2D eigenvalue weighted by Gasteiger charge is -2.14. The van der Waals surface area contributed by atoms with Crippen LogP contribution in [-0.4, -0.2) is 28.9 Å². The van der Waals surface area contributed by atoms with Crippen LogP contribution in [0.1, 0.15) is 34.8 Å². The van der Waals surface area contributed by atoms with Gasteiger partial charge in [-0.25, -0.2) is 4.98 Å². The largest absolute Gasteiger partial charge is 0.343 e. The van der Waals surface area contributed by atoms with Crippen molar-refractivity contribution in [2.75, 3.05) is 13.1 Å². The van der Waals surface area contributed by atoms with E-state index in [2.05, 4.69) is 4.98 Å². The number of hydrogen-bond donors (Lipinski definition) is 0. The van der Waals surface area contributed by atoms with Crippen molar-refractivity contribution in [1.29, 1.82) is 0 Å². The summed E-state index contributed by atoms with van der Waals surface area (Å²) in [5.74, 6) is 0.308. The number of aromatic nitrogens is 1. The number of rotatable bonds is 3. The van der Waals surface area contributed by atoms with E-state index in [9.17, 15) is 4.79 Å². The number of carbonyl (C=O) groups excluding carboxylic acids is 1. The number of nitrogens with zero attached hydrogens (tertiary/aromatic N) is 2. The monoisotopic (exact) mass is 238 g/mol. The number of amides is 1. The summed E-state index contributed by atoms with van der Waals surface area (Å²) < 4.78 is 0. The van der Waals surface area contributed by atoms with Crippen molar-refractivity contribution >= 4 is 17.2 Å². The highest BCUT2D eigenvalue weighted by Crippen LogP contribution is 2.19. The summed E-state index contributed by atoms with van der Waals surface area (Å²) in [4.78, 5) is 19.5. The molecule has 4 heteroatoms. The van der Waals surface area contributed by atoms with E-state index in [0.29, 0.717) is 12.3 Å². The zero-order valence-electron chi connectivity index (χ0n) is 9.95. The minimum atomic E-state index is 0.308. The van der Waals surface area contributed by atoms with Crippen molar-refractivity contribution in [2.24, 2.45) is 0 Å². The highest BCUT2D eigenvalue weighted by molar-refractivity contribution is 7.11. The molecular weight excluding hydrogens is 220 g/mol. The molecule has 1 aliphatic rings. The molecule has 2 heterocycles. The summed E-state index contributed by atoms with van der Waals surface area (Å²) in [6.45, 7) is 5.96. The van der Waals surface area contributed by atoms with Crippen molar-refractivity contribution in [2.45, 2.75) is 39.5 Å². The van der Waals surface area contributed by atoms with E-state index in [1.54, 1.807) is 11.3 Å². The van der Waals surface area contributed by atoms with Crippen molar-refractivity contribution < 1.29 is 4.79 Å². The average molecular weight is 238 g/mol. The van der Waals surface area contributed by atoms with Crippen LogP contribution >= 0.6 is 11.3 Å². The lowest BCUT2D eigenvalue weighted by molar-refractivity contribution is -0.130. The van der Waals surface area contributed by atoms with E-state index >= 15 is 0 Å². The van der Waals surface area contributed by atoms with Gasteiger partial charge < -0.3 is 4.90 Å². The summed E-state index contributed by atoms with van der Waals surface area (Å²) >= 11 is 1.72. The van der Waals surface area contributed by atoms with Gasteiger partial charge in [0.1, 0.15) is 0 Å². The standard InChI is InChI=1S/C12H18N2OS/c1-9-11(16-10(2)13-9)5-6-12(15)14-7-3-4-8-14/h3-8H2,1-2H3. The van der Waals surface area contributed by atoms with Crippen LogP contribution in [0.5, 0.6) is 0 Å². The Kier molecular flexibility index (Phi) is 3.59. The van der Waals surface area contributed by atoms with Crippen molar-refractivity contribution in [3.8, 4) is 0 Å². The van der Waals surface area contributed by atoms with E-state index in [1.807, 2.05) is 18.7 Å². The predicted octanol–water partition coefficient (Wildman–Crippen LogP) is 2.31. The number of carbonyl (C=O) groups is 1. The fourth-order valence-electron chi connectivity index (χ4n) is 2.15. The van der Waals surface area contributed by atoms with Gasteiger partial charge in [-0.3, -0.25) is 4.79 Å². The van der Waals surface area contributed by atoms with Gasteiger partial charge in [-0.15, -0.1) is 11.3 Å². The van der Waals surface area contributed by atoms with Gasteiger partial charge in [-0.05, 0) is 33.1 Å². The zero-order chi connectivity index (χ0) is 11.5. The maximum Gasteiger partial charge on any atom is 0.222 e. The van der Waals surface area contributed by atoms with Gasteiger partial charge in [0.05, 0.1) is 10.7 Å². The van der Waals surface area contributed by atoms with Crippen molar-refractivity contribution in [1.82, 2.24) is 9.88 Å². The van der Waals surface area contributed by atoms with Gasteiger partial charge in [0.2, 0.25) is 5.91 Å². The van der Waals surface area contributed by atoms with Crippen LogP contribution in [0.3, 0.4) is 0 Å². The fourth-order valence-corrected chi connectivity index (χ4v) is 3.09. The SMILES string of the molecule is Cc1nc(C)c(CCC(=O)N2CCCC2)s1. The molecule has 0 radical (unpaired) electrons. The molecule has 1 saturated heterocycles. The van der Waals surface area contributed by atoms with Gasteiger partial charge in [-0.2, -0.15) is 0 Å². The van der Waals surface area contributed by atoms with Gasteiger partial charge >= 0.3 is 0 Å². The molecule has 0 saturated carbocycles. The molecule has 16 heavy (non-hydrogen) atoms. The first-order valence-electron chi connectivity index (χ1n) is 5.87. The van der Waals surface area contributed by atoms with E-state index in [4.69, 9.17) is 0 Å². The Hall–Kier alpha value is -0.900. The summed E-state index contributed by atoms with van der Waals surface area (Å²) in [5, 5.41) is 1.10. The minimum Gasteiger partial charge on any atom is -0.343 e. The average Bonchev–Trinajstić information content (AvgIpc) is 2.84. The second-order valence-electron chi connectivity index (χ2n) is 4.33. The first-order chi connectivity index (χ1) is 7.66. The smallest absolute Gasteiger partial charge is 0.222 e. The Morgan fingerprint density at radius 2 is 2.06 bits per heavy atom. The third-order valence-corrected chi connectivity index (χ3v) is 4.16. The topological polar surface area (TPSA) is 33.2 Å². The molecule has 1 aromatic rings. The molecule has 3 nitrogen and oxygen atoms in total. The molecule has 0 unspecified atom stereocenters. The quantitative estimate of drug-likeness (QED) is 0.809. The van der Waals surface area contributed by atoms with Crippen molar-refractivity contribution in [3.63, 3.8) is 0 Å². The molecule has 1 amide bonds. The molecule has 1 aliphatic heterocycles. The van der Waals surface area contributed by atoms with Crippen LogP contribution in [0.25, 0.3) is 0 Å². The first kappa shape index (κ1) is 11.6. The normalized spacial score (nSPS) is 15.8. The maximum absolute atomic E-state index is 11.8. The molecule has 0 aliphatic carbocycles.